The number of rotatable bonds is 5. The second-order valence-electron chi connectivity index (χ2n) is 7.18. The molecule has 1 N–H and O–H groups in total. The number of nitrogens with one attached hydrogen (secondary N) is 1. The lowest BCUT2D eigenvalue weighted by molar-refractivity contribution is -0.135. The van der Waals surface area contributed by atoms with Gasteiger partial charge in [0, 0.05) is 38.1 Å². The number of esters is 1. The fraction of sp³-hybridized carbons (Fsp3) is 0.333. The van der Waals surface area contributed by atoms with Crippen LogP contribution in [0, 0.1) is 0 Å². The van der Waals surface area contributed by atoms with Gasteiger partial charge in [0.05, 0.1) is 11.3 Å². The lowest BCUT2D eigenvalue weighted by Gasteiger charge is -2.34. The summed E-state index contributed by atoms with van der Waals surface area (Å²) in [5.74, 6) is -0.557. The summed E-state index contributed by atoms with van der Waals surface area (Å²) in [6.45, 7) is 3.02. The summed E-state index contributed by atoms with van der Waals surface area (Å²) in [6, 6.07) is 8.98. The third kappa shape index (κ3) is 4.51. The molecule has 0 spiro atoms. The Labute approximate surface area is 184 Å². The van der Waals surface area contributed by atoms with Crippen LogP contribution in [0.5, 0.6) is 0 Å². The number of carbonyl (C=O) groups excluding carboxylic acids is 3. The van der Waals surface area contributed by atoms with E-state index in [1.807, 2.05) is 37.3 Å². The Morgan fingerprint density at radius 2 is 1.75 bits per heavy atom. The molecule has 1 aliphatic rings. The Bertz CT molecular complexity index is 1120. The summed E-state index contributed by atoms with van der Waals surface area (Å²) in [5, 5.41) is 6.90. The molecule has 3 amide bonds. The van der Waals surface area contributed by atoms with Crippen LogP contribution in [0.15, 0.2) is 42.9 Å². The molecule has 3 heterocycles. The highest BCUT2D eigenvalue weighted by Gasteiger charge is 2.25. The number of aromatic nitrogens is 4. The van der Waals surface area contributed by atoms with E-state index in [1.54, 1.807) is 9.80 Å². The number of anilines is 1. The summed E-state index contributed by atoms with van der Waals surface area (Å²) < 4.78 is 6.72. The van der Waals surface area contributed by atoms with Gasteiger partial charge in [-0.15, -0.1) is 0 Å². The van der Waals surface area contributed by atoms with Crippen LogP contribution >= 0.6 is 0 Å². The van der Waals surface area contributed by atoms with E-state index in [0.29, 0.717) is 49.8 Å². The Hall–Kier alpha value is -4.02. The van der Waals surface area contributed by atoms with E-state index in [-0.39, 0.29) is 24.1 Å². The number of urea groups is 1. The minimum Gasteiger partial charge on any atom is -0.452 e. The summed E-state index contributed by atoms with van der Waals surface area (Å²) in [5.41, 5.74) is 1.58. The highest BCUT2D eigenvalue weighted by molar-refractivity contribution is 5.92. The normalized spacial score (nSPS) is 13.8. The smallest absolute Gasteiger partial charge is 0.342 e. The Morgan fingerprint density at radius 3 is 2.47 bits per heavy atom. The van der Waals surface area contributed by atoms with Gasteiger partial charge in [0.1, 0.15) is 6.33 Å². The van der Waals surface area contributed by atoms with Crippen LogP contribution in [0.1, 0.15) is 23.0 Å². The summed E-state index contributed by atoms with van der Waals surface area (Å²) in [7, 11) is 0. The standard InChI is InChI=1S/C21H23N7O4/c1-2-17-16(12-22-20-23-14-24-28(17)20)19(30)32-13-18(29)26-8-10-27(11-9-26)21(31)25-15-6-4-3-5-7-15/h3-7,12,14H,2,8-11,13H2,1H3,(H,25,31). The van der Waals surface area contributed by atoms with E-state index < -0.39 is 5.97 Å². The lowest BCUT2D eigenvalue weighted by Crippen LogP contribution is -2.52. The van der Waals surface area contributed by atoms with Gasteiger partial charge in [-0.25, -0.2) is 19.1 Å². The first-order valence-corrected chi connectivity index (χ1v) is 10.3. The molecule has 1 fully saturated rings. The van der Waals surface area contributed by atoms with Gasteiger partial charge in [-0.05, 0) is 18.6 Å². The largest absolute Gasteiger partial charge is 0.452 e. The number of amides is 3. The first-order valence-electron chi connectivity index (χ1n) is 10.3. The molecular weight excluding hydrogens is 414 g/mol. The van der Waals surface area contributed by atoms with Crippen molar-refractivity contribution in [3.05, 3.63) is 54.1 Å². The Morgan fingerprint density at radius 1 is 1.03 bits per heavy atom. The van der Waals surface area contributed by atoms with Crippen molar-refractivity contribution in [3.63, 3.8) is 0 Å². The average molecular weight is 437 g/mol. The van der Waals surface area contributed by atoms with Crippen LogP contribution in [0.2, 0.25) is 0 Å². The first-order chi connectivity index (χ1) is 15.6. The summed E-state index contributed by atoms with van der Waals surface area (Å²) in [6.07, 6.45) is 3.27. The van der Waals surface area contributed by atoms with Crippen molar-refractivity contribution < 1.29 is 19.1 Å². The first kappa shape index (κ1) is 21.2. The summed E-state index contributed by atoms with van der Waals surface area (Å²) >= 11 is 0. The molecule has 166 valence electrons. The van der Waals surface area contributed by atoms with Crippen molar-refractivity contribution in [1.82, 2.24) is 29.4 Å². The topological polar surface area (TPSA) is 122 Å². The number of para-hydroxylation sites is 1. The molecule has 4 rings (SSSR count). The van der Waals surface area contributed by atoms with E-state index in [1.165, 1.54) is 17.0 Å². The van der Waals surface area contributed by atoms with Crippen molar-refractivity contribution in [2.24, 2.45) is 0 Å². The summed E-state index contributed by atoms with van der Waals surface area (Å²) in [4.78, 5) is 48.7. The third-order valence-corrected chi connectivity index (χ3v) is 5.23. The molecule has 1 saturated heterocycles. The van der Waals surface area contributed by atoms with Gasteiger partial charge in [-0.1, -0.05) is 25.1 Å². The predicted molar refractivity (Wildman–Crippen MR) is 114 cm³/mol. The highest BCUT2D eigenvalue weighted by atomic mass is 16.5. The average Bonchev–Trinajstić information content (AvgIpc) is 3.31. The second-order valence-corrected chi connectivity index (χ2v) is 7.18. The van der Waals surface area contributed by atoms with Crippen LogP contribution < -0.4 is 5.32 Å². The molecule has 1 aliphatic heterocycles. The number of hydrogen-bond donors (Lipinski definition) is 1. The molecule has 0 atom stereocenters. The minimum atomic E-state index is -0.638. The van der Waals surface area contributed by atoms with Crippen LogP contribution in [0.3, 0.4) is 0 Å². The van der Waals surface area contributed by atoms with Crippen LogP contribution in [-0.2, 0) is 16.0 Å². The highest BCUT2D eigenvalue weighted by Crippen LogP contribution is 2.12. The van der Waals surface area contributed by atoms with E-state index in [0.717, 1.165) is 0 Å². The van der Waals surface area contributed by atoms with Crippen molar-refractivity contribution in [2.75, 3.05) is 38.1 Å². The van der Waals surface area contributed by atoms with Gasteiger partial charge in [0.2, 0.25) is 0 Å². The van der Waals surface area contributed by atoms with Crippen LogP contribution in [0.4, 0.5) is 10.5 Å². The molecule has 0 radical (unpaired) electrons. The Kier molecular flexibility index (Phi) is 6.24. The van der Waals surface area contributed by atoms with Crippen molar-refractivity contribution in [2.45, 2.75) is 13.3 Å². The maximum atomic E-state index is 12.5. The molecular formula is C21H23N7O4. The minimum absolute atomic E-state index is 0.210. The fourth-order valence-electron chi connectivity index (χ4n) is 3.51. The van der Waals surface area contributed by atoms with Gasteiger partial charge in [-0.2, -0.15) is 10.1 Å². The third-order valence-electron chi connectivity index (χ3n) is 5.23. The second kappa shape index (κ2) is 9.41. The predicted octanol–water partition coefficient (Wildman–Crippen LogP) is 1.22. The molecule has 2 aromatic heterocycles. The number of benzene rings is 1. The molecule has 32 heavy (non-hydrogen) atoms. The van der Waals surface area contributed by atoms with Gasteiger partial charge in [0.15, 0.2) is 6.61 Å². The van der Waals surface area contributed by atoms with E-state index in [2.05, 4.69) is 20.4 Å². The van der Waals surface area contributed by atoms with E-state index in [4.69, 9.17) is 4.74 Å². The fourth-order valence-corrected chi connectivity index (χ4v) is 3.51. The van der Waals surface area contributed by atoms with Crippen molar-refractivity contribution >= 4 is 29.4 Å². The maximum absolute atomic E-state index is 12.5. The molecule has 0 bridgehead atoms. The Balaban J connectivity index is 1.28. The number of hydrogen-bond acceptors (Lipinski definition) is 7. The molecule has 0 aliphatic carbocycles. The number of fused-ring (bicyclic) bond motifs is 1. The number of carbonyl (C=O) groups is 3. The number of aryl methyl sites for hydroxylation is 1. The SMILES string of the molecule is CCc1c(C(=O)OCC(=O)N2CCN(C(=O)Nc3ccccc3)CC2)cnc2ncnn12. The molecule has 0 unspecified atom stereocenters. The van der Waals surface area contributed by atoms with Crippen molar-refractivity contribution in [3.8, 4) is 0 Å². The van der Waals surface area contributed by atoms with Crippen LogP contribution in [-0.4, -0.2) is 80.1 Å². The van der Waals surface area contributed by atoms with E-state index in [9.17, 15) is 14.4 Å². The molecule has 11 heteroatoms. The molecule has 1 aromatic carbocycles. The van der Waals surface area contributed by atoms with E-state index >= 15 is 0 Å². The zero-order valence-electron chi connectivity index (χ0n) is 17.6. The molecule has 11 nitrogen and oxygen atoms in total. The number of piperazine rings is 1. The maximum Gasteiger partial charge on any atom is 0.342 e. The van der Waals surface area contributed by atoms with Gasteiger partial charge in [0.25, 0.3) is 11.7 Å². The van der Waals surface area contributed by atoms with Gasteiger partial charge < -0.3 is 19.9 Å². The molecule has 3 aromatic rings. The zero-order chi connectivity index (χ0) is 22.5. The van der Waals surface area contributed by atoms with Gasteiger partial charge in [-0.3, -0.25) is 4.79 Å². The monoisotopic (exact) mass is 437 g/mol. The van der Waals surface area contributed by atoms with Crippen LogP contribution in [0.25, 0.3) is 5.78 Å². The lowest BCUT2D eigenvalue weighted by atomic mass is 10.2. The quantitative estimate of drug-likeness (QED) is 0.596. The molecule has 0 saturated carbocycles. The van der Waals surface area contributed by atoms with Crippen molar-refractivity contribution in [1.29, 1.82) is 0 Å². The number of nitrogens with zero attached hydrogens (tertiary/aromatic N) is 6. The number of ether oxygens (including phenoxy) is 1. The van der Waals surface area contributed by atoms with Gasteiger partial charge >= 0.3 is 12.0 Å². The zero-order valence-corrected chi connectivity index (χ0v) is 17.6.